The maximum atomic E-state index is 12.8. The highest BCUT2D eigenvalue weighted by atomic mass is 16.1. The van der Waals surface area contributed by atoms with Gasteiger partial charge in [0.1, 0.15) is 0 Å². The zero-order valence-corrected chi connectivity index (χ0v) is 16.2. The van der Waals surface area contributed by atoms with Crippen LogP contribution in [0.5, 0.6) is 0 Å². The molecule has 0 unspecified atom stereocenters. The second-order valence-corrected chi connectivity index (χ2v) is 7.34. The summed E-state index contributed by atoms with van der Waals surface area (Å²) in [6.07, 6.45) is 2.06. The lowest BCUT2D eigenvalue weighted by Gasteiger charge is -2.18. The predicted octanol–water partition coefficient (Wildman–Crippen LogP) is 5.35. The van der Waals surface area contributed by atoms with Crippen LogP contribution in [-0.2, 0) is 0 Å². The molecule has 4 rings (SSSR count). The first-order valence-corrected chi connectivity index (χ1v) is 9.59. The van der Waals surface area contributed by atoms with E-state index in [2.05, 4.69) is 52.9 Å². The molecule has 1 heterocycles. The van der Waals surface area contributed by atoms with Gasteiger partial charge < -0.3 is 10.3 Å². The number of hydrogen-bond donors (Lipinski definition) is 2. The van der Waals surface area contributed by atoms with Crippen molar-refractivity contribution in [2.24, 2.45) is 0 Å². The Balaban J connectivity index is 1.64. The molecule has 0 spiro atoms. The smallest absolute Gasteiger partial charge is 0.251 e. The van der Waals surface area contributed by atoms with Crippen molar-refractivity contribution < 1.29 is 4.79 Å². The summed E-state index contributed by atoms with van der Waals surface area (Å²) in [5.74, 6) is 0.0415. The summed E-state index contributed by atoms with van der Waals surface area (Å²) in [6.45, 7) is 4.57. The van der Waals surface area contributed by atoms with Crippen LogP contribution in [0.1, 0.15) is 38.5 Å². The third kappa shape index (κ3) is 3.70. The summed E-state index contributed by atoms with van der Waals surface area (Å²) in [5, 5.41) is 4.34. The largest absolute Gasteiger partial charge is 0.361 e. The van der Waals surface area contributed by atoms with Crippen LogP contribution >= 0.6 is 0 Å². The van der Waals surface area contributed by atoms with Crippen molar-refractivity contribution in [3.05, 3.63) is 107 Å². The molecule has 0 saturated heterocycles. The maximum Gasteiger partial charge on any atom is 0.251 e. The fraction of sp³-hybridized carbons (Fsp3) is 0.160. The predicted molar refractivity (Wildman–Crippen MR) is 115 cm³/mol. The topological polar surface area (TPSA) is 44.9 Å². The number of aryl methyl sites for hydroxylation is 2. The van der Waals surface area contributed by atoms with E-state index in [1.54, 1.807) is 0 Å². The van der Waals surface area contributed by atoms with Gasteiger partial charge in [-0.2, -0.15) is 0 Å². The molecule has 1 aromatic heterocycles. The number of fused-ring (bicyclic) bond motifs is 1. The average molecular weight is 368 g/mol. The summed E-state index contributed by atoms with van der Waals surface area (Å²) >= 11 is 0. The van der Waals surface area contributed by atoms with E-state index in [9.17, 15) is 4.79 Å². The zero-order chi connectivity index (χ0) is 19.5. The molecule has 0 radical (unpaired) electrons. The first-order valence-electron chi connectivity index (χ1n) is 9.59. The Labute approximate surface area is 165 Å². The molecule has 2 N–H and O–H groups in total. The van der Waals surface area contributed by atoms with E-state index < -0.39 is 0 Å². The van der Waals surface area contributed by atoms with Crippen LogP contribution in [0.2, 0.25) is 0 Å². The average Bonchev–Trinajstić information content (AvgIpc) is 3.12. The van der Waals surface area contributed by atoms with Gasteiger partial charge in [-0.25, -0.2) is 0 Å². The molecule has 1 amide bonds. The lowest BCUT2D eigenvalue weighted by molar-refractivity contribution is 0.0952. The minimum Gasteiger partial charge on any atom is -0.361 e. The van der Waals surface area contributed by atoms with Gasteiger partial charge in [0.05, 0.1) is 0 Å². The van der Waals surface area contributed by atoms with Crippen molar-refractivity contribution in [2.75, 3.05) is 6.54 Å². The molecule has 0 saturated carbocycles. The lowest BCUT2D eigenvalue weighted by Crippen LogP contribution is -2.29. The Kier molecular flexibility index (Phi) is 4.98. The third-order valence-corrected chi connectivity index (χ3v) is 5.15. The molecule has 0 fully saturated rings. The third-order valence-electron chi connectivity index (χ3n) is 5.15. The number of aromatic nitrogens is 1. The Hall–Kier alpha value is -3.33. The highest BCUT2D eigenvalue weighted by molar-refractivity contribution is 5.94. The van der Waals surface area contributed by atoms with Gasteiger partial charge in [0.2, 0.25) is 0 Å². The number of nitrogens with one attached hydrogen (secondary N) is 2. The van der Waals surface area contributed by atoms with Crippen molar-refractivity contribution in [1.82, 2.24) is 10.3 Å². The van der Waals surface area contributed by atoms with E-state index in [0.717, 1.165) is 16.6 Å². The van der Waals surface area contributed by atoms with Crippen molar-refractivity contribution in [1.29, 1.82) is 0 Å². The van der Waals surface area contributed by atoms with Crippen LogP contribution in [0, 0.1) is 13.8 Å². The minimum absolute atomic E-state index is 0.0347. The van der Waals surface area contributed by atoms with Gasteiger partial charge in [-0.15, -0.1) is 0 Å². The van der Waals surface area contributed by atoms with Crippen LogP contribution in [0.25, 0.3) is 10.9 Å². The fourth-order valence-electron chi connectivity index (χ4n) is 3.88. The number of hydrogen-bond acceptors (Lipinski definition) is 1. The standard InChI is InChI=1S/C25H24N2O/c1-17-12-18(2)14-20(13-17)25(28)27-15-22(19-8-4-3-5-9-19)23-16-26-24-11-7-6-10-21(23)24/h3-14,16,22,26H,15H2,1-2H3,(H,27,28)/t22-/m0/s1. The molecule has 0 aliphatic rings. The van der Waals surface area contributed by atoms with E-state index in [1.807, 2.05) is 50.2 Å². The first-order chi connectivity index (χ1) is 13.6. The monoisotopic (exact) mass is 368 g/mol. The molecule has 28 heavy (non-hydrogen) atoms. The number of carbonyl (C=O) groups is 1. The Bertz CT molecular complexity index is 1090. The second-order valence-electron chi connectivity index (χ2n) is 7.34. The van der Waals surface area contributed by atoms with Crippen LogP contribution in [0.3, 0.4) is 0 Å². The fourth-order valence-corrected chi connectivity index (χ4v) is 3.88. The SMILES string of the molecule is Cc1cc(C)cc(C(=O)NC[C@@H](c2ccccc2)c2c[nH]c3ccccc23)c1. The minimum atomic E-state index is -0.0347. The van der Waals surface area contributed by atoms with Gasteiger partial charge in [0.15, 0.2) is 0 Å². The van der Waals surface area contributed by atoms with Gasteiger partial charge in [-0.05, 0) is 43.2 Å². The van der Waals surface area contributed by atoms with E-state index >= 15 is 0 Å². The molecule has 0 aliphatic carbocycles. The Morgan fingerprint density at radius 3 is 2.36 bits per heavy atom. The van der Waals surface area contributed by atoms with Crippen LogP contribution in [-0.4, -0.2) is 17.4 Å². The molecular weight excluding hydrogens is 344 g/mol. The molecule has 1 atom stereocenters. The summed E-state index contributed by atoms with van der Waals surface area (Å²) in [5.41, 5.74) is 6.40. The first kappa shape index (κ1) is 18.1. The zero-order valence-electron chi connectivity index (χ0n) is 16.2. The normalized spacial score (nSPS) is 12.1. The number of amides is 1. The van der Waals surface area contributed by atoms with E-state index in [0.29, 0.717) is 12.1 Å². The van der Waals surface area contributed by atoms with E-state index in [1.165, 1.54) is 16.5 Å². The van der Waals surface area contributed by atoms with Crippen molar-refractivity contribution >= 4 is 16.8 Å². The molecule has 3 nitrogen and oxygen atoms in total. The molecule has 0 aliphatic heterocycles. The molecule has 3 aromatic carbocycles. The van der Waals surface area contributed by atoms with Crippen LogP contribution in [0.15, 0.2) is 79.0 Å². The number of rotatable bonds is 5. The molecule has 0 bridgehead atoms. The number of H-pyrrole nitrogens is 1. The summed E-state index contributed by atoms with van der Waals surface area (Å²) in [6, 6.07) is 24.6. The molecule has 3 heteroatoms. The number of para-hydroxylation sites is 1. The number of carbonyl (C=O) groups excluding carboxylic acids is 1. The van der Waals surface area contributed by atoms with Crippen LogP contribution < -0.4 is 5.32 Å². The maximum absolute atomic E-state index is 12.8. The van der Waals surface area contributed by atoms with Gasteiger partial charge in [-0.1, -0.05) is 65.7 Å². The number of benzene rings is 3. The van der Waals surface area contributed by atoms with E-state index in [-0.39, 0.29) is 11.8 Å². The van der Waals surface area contributed by atoms with Crippen molar-refractivity contribution in [3.8, 4) is 0 Å². The lowest BCUT2D eigenvalue weighted by atomic mass is 9.91. The van der Waals surface area contributed by atoms with Crippen LogP contribution in [0.4, 0.5) is 0 Å². The highest BCUT2D eigenvalue weighted by Crippen LogP contribution is 2.30. The second kappa shape index (κ2) is 7.73. The van der Waals surface area contributed by atoms with Crippen molar-refractivity contribution in [2.45, 2.75) is 19.8 Å². The Morgan fingerprint density at radius 2 is 1.61 bits per heavy atom. The van der Waals surface area contributed by atoms with E-state index in [4.69, 9.17) is 0 Å². The molecule has 140 valence electrons. The van der Waals surface area contributed by atoms with Gasteiger partial charge in [0, 0.05) is 35.1 Å². The number of aromatic amines is 1. The summed E-state index contributed by atoms with van der Waals surface area (Å²) in [7, 11) is 0. The quantitative estimate of drug-likeness (QED) is 0.490. The van der Waals surface area contributed by atoms with Gasteiger partial charge >= 0.3 is 0 Å². The summed E-state index contributed by atoms with van der Waals surface area (Å²) in [4.78, 5) is 16.2. The highest BCUT2D eigenvalue weighted by Gasteiger charge is 2.19. The van der Waals surface area contributed by atoms with Gasteiger partial charge in [0.25, 0.3) is 5.91 Å². The summed E-state index contributed by atoms with van der Waals surface area (Å²) < 4.78 is 0. The molecular formula is C25H24N2O. The van der Waals surface area contributed by atoms with Crippen molar-refractivity contribution in [3.63, 3.8) is 0 Å². The Morgan fingerprint density at radius 1 is 0.929 bits per heavy atom. The van der Waals surface area contributed by atoms with Gasteiger partial charge in [-0.3, -0.25) is 4.79 Å². The molecule has 4 aromatic rings.